The summed E-state index contributed by atoms with van der Waals surface area (Å²) in [5, 5.41) is 21.8. The molecule has 38 heavy (non-hydrogen) atoms. The molecule has 1 aliphatic heterocycles. The molecule has 0 aliphatic carbocycles. The molecule has 0 radical (unpaired) electrons. The molecule has 2 amide bonds. The monoisotopic (exact) mass is 512 g/mol. The van der Waals surface area contributed by atoms with Crippen LogP contribution in [0.15, 0.2) is 83.0 Å². The summed E-state index contributed by atoms with van der Waals surface area (Å²) in [6, 6.07) is 20.0. The lowest BCUT2D eigenvalue weighted by atomic mass is 10.2. The average molecular weight is 513 g/mol. The molecular weight excluding hydrogens is 488 g/mol. The lowest BCUT2D eigenvalue weighted by Gasteiger charge is -2.08. The Morgan fingerprint density at radius 3 is 2.68 bits per heavy atom. The summed E-state index contributed by atoms with van der Waals surface area (Å²) in [7, 11) is 1.58. The van der Waals surface area contributed by atoms with Crippen molar-refractivity contribution >= 4 is 34.5 Å². The Labute approximate surface area is 217 Å². The summed E-state index contributed by atoms with van der Waals surface area (Å²) in [5.41, 5.74) is 2.58. The maximum absolute atomic E-state index is 12.3. The van der Waals surface area contributed by atoms with Crippen molar-refractivity contribution in [2.75, 3.05) is 20.4 Å². The first-order valence-corrected chi connectivity index (χ1v) is 11.7. The summed E-state index contributed by atoms with van der Waals surface area (Å²) in [5.74, 6) is 0.781. The molecule has 5 rings (SSSR count). The minimum absolute atomic E-state index is 0.133. The van der Waals surface area contributed by atoms with Gasteiger partial charge in [-0.05, 0) is 47.5 Å². The number of nitrogens with one attached hydrogen (secondary N) is 1. The first-order chi connectivity index (χ1) is 18.5. The number of aromatic nitrogens is 1. The van der Waals surface area contributed by atoms with E-state index in [4.69, 9.17) is 14.2 Å². The standard InChI is InChI=1S/C28H24N4O6/c1-36-20-10-6-18(7-11-20)9-13-25(33)29-15-26(34)30-31-27-21-4-2-3-5-22(21)32(28(27)35)16-19-8-12-23-24(14-19)38-17-37-23/h2-14,35H,15-17H2,1H3,(H,29,33)/b13-9+,31-30?. The number of para-hydroxylation sites is 1. The normalized spacial score (nSPS) is 12.4. The molecule has 1 aliphatic rings. The van der Waals surface area contributed by atoms with Crippen molar-refractivity contribution in [1.29, 1.82) is 0 Å². The van der Waals surface area contributed by atoms with Gasteiger partial charge in [0.1, 0.15) is 12.3 Å². The SMILES string of the molecule is COc1ccc(/C=C/C(=O)NCC(=O)N=Nc2c(O)n(Cc3ccc4c(c3)OCO4)c3ccccc23)cc1. The first-order valence-electron chi connectivity index (χ1n) is 11.7. The number of nitrogens with zero attached hydrogens (tertiary/aromatic N) is 3. The highest BCUT2D eigenvalue weighted by Crippen LogP contribution is 2.40. The highest BCUT2D eigenvalue weighted by Gasteiger charge is 2.19. The lowest BCUT2D eigenvalue weighted by molar-refractivity contribution is -0.122. The molecule has 4 aromatic rings. The largest absolute Gasteiger partial charge is 0.497 e. The third-order valence-electron chi connectivity index (χ3n) is 5.91. The van der Waals surface area contributed by atoms with Crippen molar-refractivity contribution in [3.8, 4) is 23.1 Å². The van der Waals surface area contributed by atoms with Gasteiger partial charge in [0, 0.05) is 11.5 Å². The van der Waals surface area contributed by atoms with Gasteiger partial charge in [-0.25, -0.2) is 0 Å². The van der Waals surface area contributed by atoms with E-state index in [-0.39, 0.29) is 24.9 Å². The molecule has 0 bridgehead atoms. The van der Waals surface area contributed by atoms with Gasteiger partial charge in [0.15, 0.2) is 17.2 Å². The topological polar surface area (TPSA) is 124 Å². The van der Waals surface area contributed by atoms with E-state index in [0.29, 0.717) is 29.2 Å². The van der Waals surface area contributed by atoms with Crippen LogP contribution in [-0.2, 0) is 16.1 Å². The van der Waals surface area contributed by atoms with Crippen LogP contribution < -0.4 is 19.5 Å². The maximum atomic E-state index is 12.3. The lowest BCUT2D eigenvalue weighted by Crippen LogP contribution is -2.26. The number of carbonyl (C=O) groups excluding carboxylic acids is 2. The molecule has 10 nitrogen and oxygen atoms in total. The number of benzene rings is 3. The van der Waals surface area contributed by atoms with Crippen LogP contribution in [0.5, 0.6) is 23.1 Å². The minimum atomic E-state index is -0.664. The fourth-order valence-corrected chi connectivity index (χ4v) is 4.00. The van der Waals surface area contributed by atoms with Gasteiger partial charge >= 0.3 is 0 Å². The van der Waals surface area contributed by atoms with Crippen LogP contribution in [-0.4, -0.2) is 41.9 Å². The van der Waals surface area contributed by atoms with Gasteiger partial charge in [-0.1, -0.05) is 36.4 Å². The third-order valence-corrected chi connectivity index (χ3v) is 5.91. The third kappa shape index (κ3) is 5.34. The number of amides is 2. The Bertz CT molecular complexity index is 1560. The molecule has 192 valence electrons. The van der Waals surface area contributed by atoms with Crippen LogP contribution >= 0.6 is 0 Å². The summed E-state index contributed by atoms with van der Waals surface area (Å²) in [6.45, 7) is 0.170. The predicted molar refractivity (Wildman–Crippen MR) is 140 cm³/mol. The smallest absolute Gasteiger partial charge is 0.283 e. The number of ether oxygens (including phenoxy) is 3. The van der Waals surface area contributed by atoms with E-state index in [1.807, 2.05) is 36.4 Å². The van der Waals surface area contributed by atoms with Gasteiger partial charge in [0.2, 0.25) is 18.6 Å². The molecular formula is C28H24N4O6. The molecule has 0 saturated heterocycles. The van der Waals surface area contributed by atoms with E-state index in [1.165, 1.54) is 6.08 Å². The number of carbonyl (C=O) groups is 2. The Kier molecular flexibility index (Phi) is 7.03. The highest BCUT2D eigenvalue weighted by atomic mass is 16.7. The molecule has 2 N–H and O–H groups in total. The molecule has 0 unspecified atom stereocenters. The van der Waals surface area contributed by atoms with Crippen LogP contribution in [0, 0.1) is 0 Å². The Hall–Kier alpha value is -5.12. The number of hydrogen-bond donors (Lipinski definition) is 2. The zero-order chi connectivity index (χ0) is 26.5. The van der Waals surface area contributed by atoms with Crippen LogP contribution in [0.1, 0.15) is 11.1 Å². The van der Waals surface area contributed by atoms with E-state index in [2.05, 4.69) is 15.5 Å². The number of azo groups is 1. The Morgan fingerprint density at radius 2 is 1.87 bits per heavy atom. The van der Waals surface area contributed by atoms with Crippen molar-refractivity contribution < 1.29 is 28.9 Å². The second-order valence-corrected chi connectivity index (χ2v) is 8.38. The molecule has 0 saturated carbocycles. The van der Waals surface area contributed by atoms with Gasteiger partial charge in [0.05, 0.1) is 19.2 Å². The van der Waals surface area contributed by atoms with Crippen molar-refractivity contribution in [3.63, 3.8) is 0 Å². The minimum Gasteiger partial charge on any atom is -0.497 e. The number of fused-ring (bicyclic) bond motifs is 2. The Morgan fingerprint density at radius 1 is 1.08 bits per heavy atom. The highest BCUT2D eigenvalue weighted by molar-refractivity contribution is 5.96. The second-order valence-electron chi connectivity index (χ2n) is 8.38. The number of aromatic hydroxyl groups is 1. The van der Waals surface area contributed by atoms with Gasteiger partial charge in [-0.2, -0.15) is 0 Å². The van der Waals surface area contributed by atoms with Crippen molar-refractivity contribution in [2.45, 2.75) is 6.54 Å². The van der Waals surface area contributed by atoms with E-state index < -0.39 is 11.8 Å². The van der Waals surface area contributed by atoms with Crippen LogP contribution in [0.4, 0.5) is 5.69 Å². The fraction of sp³-hybridized carbons (Fsp3) is 0.143. The molecule has 3 aromatic carbocycles. The summed E-state index contributed by atoms with van der Waals surface area (Å²) in [4.78, 5) is 24.4. The molecule has 1 aromatic heterocycles. The second kappa shape index (κ2) is 10.9. The number of hydrogen-bond acceptors (Lipinski definition) is 7. The maximum Gasteiger partial charge on any atom is 0.283 e. The van der Waals surface area contributed by atoms with Gasteiger partial charge in [-0.15, -0.1) is 10.2 Å². The summed E-state index contributed by atoms with van der Waals surface area (Å²) < 4.78 is 17.6. The van der Waals surface area contributed by atoms with Gasteiger partial charge < -0.3 is 29.2 Å². The Balaban J connectivity index is 1.26. The number of methoxy groups -OCH3 is 1. The molecule has 10 heteroatoms. The molecule has 0 fully saturated rings. The van der Waals surface area contributed by atoms with Crippen LogP contribution in [0.3, 0.4) is 0 Å². The number of rotatable bonds is 8. The van der Waals surface area contributed by atoms with E-state index in [1.54, 1.807) is 48.1 Å². The van der Waals surface area contributed by atoms with E-state index >= 15 is 0 Å². The predicted octanol–water partition coefficient (Wildman–Crippen LogP) is 4.57. The molecule has 0 spiro atoms. The summed E-state index contributed by atoms with van der Waals surface area (Å²) >= 11 is 0. The summed E-state index contributed by atoms with van der Waals surface area (Å²) in [6.07, 6.45) is 2.94. The van der Waals surface area contributed by atoms with Crippen LogP contribution in [0.2, 0.25) is 0 Å². The zero-order valence-electron chi connectivity index (χ0n) is 20.5. The van der Waals surface area contributed by atoms with Crippen LogP contribution in [0.25, 0.3) is 17.0 Å². The van der Waals surface area contributed by atoms with Crippen molar-refractivity contribution in [3.05, 3.63) is 83.9 Å². The van der Waals surface area contributed by atoms with E-state index in [9.17, 15) is 14.7 Å². The van der Waals surface area contributed by atoms with Gasteiger partial charge in [-0.3, -0.25) is 9.59 Å². The first kappa shape index (κ1) is 24.6. The molecule has 2 heterocycles. The fourth-order valence-electron chi connectivity index (χ4n) is 4.00. The van der Waals surface area contributed by atoms with Crippen molar-refractivity contribution in [2.24, 2.45) is 10.2 Å². The zero-order valence-corrected chi connectivity index (χ0v) is 20.5. The quantitative estimate of drug-likeness (QED) is 0.263. The molecule has 0 atom stereocenters. The van der Waals surface area contributed by atoms with Gasteiger partial charge in [0.25, 0.3) is 5.91 Å². The van der Waals surface area contributed by atoms with E-state index in [0.717, 1.165) is 16.6 Å². The average Bonchev–Trinajstić information content (AvgIpc) is 3.52. The van der Waals surface area contributed by atoms with Crippen molar-refractivity contribution in [1.82, 2.24) is 9.88 Å².